The van der Waals surface area contributed by atoms with E-state index in [0.717, 1.165) is 24.3 Å². The average Bonchev–Trinajstić information content (AvgIpc) is 3.03. The summed E-state index contributed by atoms with van der Waals surface area (Å²) in [5, 5.41) is 6.24. The third-order valence-electron chi connectivity index (χ3n) is 3.73. The molecule has 0 atom stereocenters. The zero-order chi connectivity index (χ0) is 16.1. The van der Waals surface area contributed by atoms with Crippen LogP contribution < -0.4 is 15.4 Å². The lowest BCUT2D eigenvalue weighted by molar-refractivity contribution is 0.102. The van der Waals surface area contributed by atoms with E-state index < -0.39 is 0 Å². The molecule has 0 bridgehead atoms. The molecule has 3 rings (SSSR count). The molecule has 120 valence electrons. The first kappa shape index (κ1) is 15.4. The molecule has 5 nitrogen and oxygen atoms in total. The molecule has 0 saturated carbocycles. The van der Waals surface area contributed by atoms with Gasteiger partial charge in [0.25, 0.3) is 5.91 Å². The van der Waals surface area contributed by atoms with Gasteiger partial charge in [0.1, 0.15) is 12.4 Å². The van der Waals surface area contributed by atoms with E-state index in [9.17, 15) is 4.79 Å². The van der Waals surface area contributed by atoms with Gasteiger partial charge in [0, 0.05) is 30.6 Å². The molecule has 2 aromatic rings. The number of carbonyl (C=O) groups excluding carboxylic acids is 1. The largest absolute Gasteiger partial charge is 0.491 e. The van der Waals surface area contributed by atoms with Gasteiger partial charge < -0.3 is 20.1 Å². The first-order valence-electron chi connectivity index (χ1n) is 7.66. The Morgan fingerprint density at radius 1 is 1.22 bits per heavy atom. The second kappa shape index (κ2) is 7.15. The number of hydrogen-bond acceptors (Lipinski definition) is 4. The Bertz CT molecular complexity index is 700. The quantitative estimate of drug-likeness (QED) is 0.805. The number of carbonyl (C=O) groups is 1. The number of benzene rings is 2. The molecule has 5 heteroatoms. The van der Waals surface area contributed by atoms with E-state index in [-0.39, 0.29) is 5.91 Å². The fourth-order valence-electron chi connectivity index (χ4n) is 2.56. The van der Waals surface area contributed by atoms with Gasteiger partial charge in [-0.1, -0.05) is 6.07 Å². The number of amides is 1. The summed E-state index contributed by atoms with van der Waals surface area (Å²) in [6.45, 7) is 1.92. The highest BCUT2D eigenvalue weighted by molar-refractivity contribution is 6.04. The van der Waals surface area contributed by atoms with Crippen molar-refractivity contribution in [3.8, 4) is 5.75 Å². The minimum absolute atomic E-state index is 0.145. The molecule has 1 aliphatic rings. The van der Waals surface area contributed by atoms with Crippen LogP contribution in [-0.4, -0.2) is 32.8 Å². The van der Waals surface area contributed by atoms with E-state index in [2.05, 4.69) is 10.6 Å². The average molecular weight is 312 g/mol. The maximum absolute atomic E-state index is 12.4. The van der Waals surface area contributed by atoms with E-state index in [1.807, 2.05) is 30.3 Å². The van der Waals surface area contributed by atoms with Crippen LogP contribution in [0.3, 0.4) is 0 Å². The van der Waals surface area contributed by atoms with Crippen LogP contribution in [0.2, 0.25) is 0 Å². The number of hydrogen-bond donors (Lipinski definition) is 2. The standard InChI is InChI=1S/C18H20N2O3/c1-22-9-10-23-16-4-2-3-14(12-16)18(21)20-15-5-6-17-13(11-15)7-8-19-17/h2-6,11-12,19H,7-10H2,1H3,(H,20,21). The number of ether oxygens (including phenoxy) is 2. The van der Waals surface area contributed by atoms with Gasteiger partial charge in [-0.2, -0.15) is 0 Å². The molecule has 0 saturated heterocycles. The molecule has 0 spiro atoms. The Morgan fingerprint density at radius 3 is 3.00 bits per heavy atom. The summed E-state index contributed by atoms with van der Waals surface area (Å²) in [6.07, 6.45) is 0.988. The van der Waals surface area contributed by atoms with Crippen LogP contribution in [0.15, 0.2) is 42.5 Å². The summed E-state index contributed by atoms with van der Waals surface area (Å²) >= 11 is 0. The van der Waals surface area contributed by atoms with Crippen LogP contribution in [0.5, 0.6) is 5.75 Å². The van der Waals surface area contributed by atoms with Crippen molar-refractivity contribution in [3.63, 3.8) is 0 Å². The van der Waals surface area contributed by atoms with Crippen LogP contribution in [0.25, 0.3) is 0 Å². The maximum Gasteiger partial charge on any atom is 0.255 e. The SMILES string of the molecule is COCCOc1cccc(C(=O)Nc2ccc3c(c2)CCN3)c1. The summed E-state index contributed by atoms with van der Waals surface area (Å²) in [5.41, 5.74) is 3.76. The molecular formula is C18H20N2O3. The van der Waals surface area contributed by atoms with Crippen molar-refractivity contribution < 1.29 is 14.3 Å². The third kappa shape index (κ3) is 3.81. The molecule has 0 aromatic heterocycles. The van der Waals surface area contributed by atoms with Crippen LogP contribution in [-0.2, 0) is 11.2 Å². The van der Waals surface area contributed by atoms with Crippen molar-refractivity contribution in [1.29, 1.82) is 0 Å². The predicted octanol–water partition coefficient (Wildman–Crippen LogP) is 2.93. The van der Waals surface area contributed by atoms with Crippen molar-refractivity contribution in [2.75, 3.05) is 37.5 Å². The van der Waals surface area contributed by atoms with Gasteiger partial charge in [-0.25, -0.2) is 0 Å². The van der Waals surface area contributed by atoms with Crippen molar-refractivity contribution >= 4 is 17.3 Å². The molecular weight excluding hydrogens is 292 g/mol. The first-order valence-corrected chi connectivity index (χ1v) is 7.66. The summed E-state index contributed by atoms with van der Waals surface area (Å²) < 4.78 is 10.5. The Balaban J connectivity index is 1.67. The Hall–Kier alpha value is -2.53. The van der Waals surface area contributed by atoms with E-state index >= 15 is 0 Å². The predicted molar refractivity (Wildman–Crippen MR) is 90.4 cm³/mol. The lowest BCUT2D eigenvalue weighted by Gasteiger charge is -2.09. The minimum atomic E-state index is -0.145. The van der Waals surface area contributed by atoms with Crippen LogP contribution >= 0.6 is 0 Å². The van der Waals surface area contributed by atoms with Gasteiger partial charge in [0.15, 0.2) is 0 Å². The molecule has 0 unspecified atom stereocenters. The molecule has 1 heterocycles. The lowest BCUT2D eigenvalue weighted by Crippen LogP contribution is -2.12. The number of methoxy groups -OCH3 is 1. The number of anilines is 2. The van der Waals surface area contributed by atoms with E-state index in [1.165, 1.54) is 5.56 Å². The molecule has 23 heavy (non-hydrogen) atoms. The second-order valence-electron chi connectivity index (χ2n) is 5.37. The molecule has 0 fully saturated rings. The molecule has 2 aromatic carbocycles. The van der Waals surface area contributed by atoms with E-state index in [0.29, 0.717) is 24.5 Å². The summed E-state index contributed by atoms with van der Waals surface area (Å²) in [7, 11) is 1.62. The van der Waals surface area contributed by atoms with E-state index in [1.54, 1.807) is 19.2 Å². The summed E-state index contributed by atoms with van der Waals surface area (Å²) in [4.78, 5) is 12.4. The second-order valence-corrected chi connectivity index (χ2v) is 5.37. The molecule has 0 aliphatic carbocycles. The maximum atomic E-state index is 12.4. The van der Waals surface area contributed by atoms with Gasteiger partial charge in [-0.05, 0) is 48.4 Å². The van der Waals surface area contributed by atoms with Crippen LogP contribution in [0.1, 0.15) is 15.9 Å². The Kier molecular flexibility index (Phi) is 4.78. The fraction of sp³-hybridized carbons (Fsp3) is 0.278. The van der Waals surface area contributed by atoms with Crippen molar-refractivity contribution in [2.45, 2.75) is 6.42 Å². The van der Waals surface area contributed by atoms with Crippen LogP contribution in [0, 0.1) is 0 Å². The van der Waals surface area contributed by atoms with Crippen molar-refractivity contribution in [3.05, 3.63) is 53.6 Å². The minimum Gasteiger partial charge on any atom is -0.491 e. The number of rotatable bonds is 6. The highest BCUT2D eigenvalue weighted by Crippen LogP contribution is 2.25. The zero-order valence-electron chi connectivity index (χ0n) is 13.1. The monoisotopic (exact) mass is 312 g/mol. The summed E-state index contributed by atoms with van der Waals surface area (Å²) in [6, 6.07) is 13.1. The molecule has 1 amide bonds. The summed E-state index contributed by atoms with van der Waals surface area (Å²) in [5.74, 6) is 0.515. The zero-order valence-corrected chi connectivity index (χ0v) is 13.1. The van der Waals surface area contributed by atoms with Crippen molar-refractivity contribution in [2.24, 2.45) is 0 Å². The lowest BCUT2D eigenvalue weighted by atomic mass is 10.1. The Morgan fingerprint density at radius 2 is 2.13 bits per heavy atom. The van der Waals surface area contributed by atoms with Gasteiger partial charge in [-0.3, -0.25) is 4.79 Å². The highest BCUT2D eigenvalue weighted by Gasteiger charge is 2.12. The van der Waals surface area contributed by atoms with Crippen molar-refractivity contribution in [1.82, 2.24) is 0 Å². The van der Waals surface area contributed by atoms with Crippen LogP contribution in [0.4, 0.5) is 11.4 Å². The fourth-order valence-corrected chi connectivity index (χ4v) is 2.56. The number of fused-ring (bicyclic) bond motifs is 1. The first-order chi connectivity index (χ1) is 11.3. The van der Waals surface area contributed by atoms with Gasteiger partial charge in [0.05, 0.1) is 6.61 Å². The molecule has 2 N–H and O–H groups in total. The smallest absolute Gasteiger partial charge is 0.255 e. The number of nitrogens with one attached hydrogen (secondary N) is 2. The van der Waals surface area contributed by atoms with Gasteiger partial charge >= 0.3 is 0 Å². The van der Waals surface area contributed by atoms with Gasteiger partial charge in [0.2, 0.25) is 0 Å². The van der Waals surface area contributed by atoms with E-state index in [4.69, 9.17) is 9.47 Å². The molecule has 1 aliphatic heterocycles. The normalized spacial score (nSPS) is 12.4. The molecule has 0 radical (unpaired) electrons. The van der Waals surface area contributed by atoms with Gasteiger partial charge in [-0.15, -0.1) is 0 Å². The topological polar surface area (TPSA) is 59.6 Å². The highest BCUT2D eigenvalue weighted by atomic mass is 16.5. The Labute approximate surface area is 135 Å². The third-order valence-corrected chi connectivity index (χ3v) is 3.73.